The van der Waals surface area contributed by atoms with Crippen molar-refractivity contribution < 1.29 is 0 Å². The first-order valence-electron chi connectivity index (χ1n) is 7.67. The largest absolute Gasteiger partial charge is 0.398 e. The molecule has 1 fully saturated rings. The Hall–Kier alpha value is -1.77. The number of nitrogens with two attached hydrogens (primary N) is 1. The van der Waals surface area contributed by atoms with E-state index in [-0.39, 0.29) is 0 Å². The van der Waals surface area contributed by atoms with Gasteiger partial charge in [-0.25, -0.2) is 0 Å². The van der Waals surface area contributed by atoms with Gasteiger partial charge in [-0.3, -0.25) is 4.98 Å². The molecule has 20 heavy (non-hydrogen) atoms. The van der Waals surface area contributed by atoms with Gasteiger partial charge in [0.1, 0.15) is 0 Å². The van der Waals surface area contributed by atoms with E-state index in [1.807, 2.05) is 24.4 Å². The molecule has 2 aromatic rings. The van der Waals surface area contributed by atoms with Crippen LogP contribution in [-0.4, -0.2) is 11.0 Å². The number of pyridine rings is 1. The van der Waals surface area contributed by atoms with Gasteiger partial charge in [0.15, 0.2) is 0 Å². The highest BCUT2D eigenvalue weighted by Crippen LogP contribution is 2.31. The molecule has 0 spiro atoms. The van der Waals surface area contributed by atoms with Crippen LogP contribution in [-0.2, 0) is 0 Å². The van der Waals surface area contributed by atoms with Crippen LogP contribution in [0.25, 0.3) is 10.9 Å². The Morgan fingerprint density at radius 3 is 3.05 bits per heavy atom. The van der Waals surface area contributed by atoms with E-state index in [2.05, 4.69) is 23.3 Å². The van der Waals surface area contributed by atoms with Gasteiger partial charge in [0, 0.05) is 23.3 Å². The smallest absolute Gasteiger partial charge is 0.0953 e. The number of hydrogen-bond donors (Lipinski definition) is 2. The Morgan fingerprint density at radius 1 is 1.30 bits per heavy atom. The fraction of sp³-hybridized carbons (Fsp3) is 0.471. The number of aromatic nitrogens is 1. The van der Waals surface area contributed by atoms with Crippen molar-refractivity contribution >= 4 is 22.3 Å². The van der Waals surface area contributed by atoms with Crippen LogP contribution < -0.4 is 11.1 Å². The van der Waals surface area contributed by atoms with Crippen molar-refractivity contribution in [3.8, 4) is 0 Å². The second-order valence-electron chi connectivity index (χ2n) is 5.88. The monoisotopic (exact) mass is 269 g/mol. The Balaban J connectivity index is 1.86. The average molecular weight is 269 g/mol. The molecular weight excluding hydrogens is 246 g/mol. The normalized spacial score (nSPS) is 22.9. The summed E-state index contributed by atoms with van der Waals surface area (Å²) in [4.78, 5) is 4.50. The fourth-order valence-corrected chi connectivity index (χ4v) is 3.32. The number of benzene rings is 1. The van der Waals surface area contributed by atoms with E-state index in [0.717, 1.165) is 28.2 Å². The molecule has 0 bridgehead atoms. The van der Waals surface area contributed by atoms with Gasteiger partial charge in [0.25, 0.3) is 0 Å². The first kappa shape index (κ1) is 13.2. The van der Waals surface area contributed by atoms with Gasteiger partial charge in [0.2, 0.25) is 0 Å². The highest BCUT2D eigenvalue weighted by molar-refractivity contribution is 5.98. The minimum absolute atomic E-state index is 0.572. The third-order valence-corrected chi connectivity index (χ3v) is 4.52. The summed E-state index contributed by atoms with van der Waals surface area (Å²) in [6.45, 7) is 2.30. The molecule has 3 nitrogen and oxygen atoms in total. The van der Waals surface area contributed by atoms with E-state index in [1.54, 1.807) is 0 Å². The third-order valence-electron chi connectivity index (χ3n) is 4.52. The molecule has 0 radical (unpaired) electrons. The van der Waals surface area contributed by atoms with Crippen molar-refractivity contribution in [3.05, 3.63) is 30.5 Å². The molecular formula is C17H23N3. The molecule has 1 aromatic heterocycles. The lowest BCUT2D eigenvalue weighted by Crippen LogP contribution is -2.27. The van der Waals surface area contributed by atoms with Gasteiger partial charge in [-0.2, -0.15) is 0 Å². The first-order valence-corrected chi connectivity index (χ1v) is 7.67. The molecule has 106 valence electrons. The summed E-state index contributed by atoms with van der Waals surface area (Å²) in [7, 11) is 0. The molecule has 1 saturated carbocycles. The van der Waals surface area contributed by atoms with Gasteiger partial charge in [0.05, 0.1) is 11.2 Å². The second kappa shape index (κ2) is 5.70. The Bertz CT molecular complexity index is 594. The summed E-state index contributed by atoms with van der Waals surface area (Å²) in [6, 6.07) is 8.60. The number of anilines is 2. The summed E-state index contributed by atoms with van der Waals surface area (Å²) in [5.74, 6) is 0.870. The Labute approximate surface area is 120 Å². The lowest BCUT2D eigenvalue weighted by molar-refractivity contribution is 0.327. The van der Waals surface area contributed by atoms with Gasteiger partial charge >= 0.3 is 0 Å². The van der Waals surface area contributed by atoms with Crippen LogP contribution >= 0.6 is 0 Å². The van der Waals surface area contributed by atoms with Crippen molar-refractivity contribution in [1.82, 2.24) is 4.98 Å². The molecule has 1 aromatic carbocycles. The molecule has 3 heteroatoms. The van der Waals surface area contributed by atoms with Crippen LogP contribution in [0.4, 0.5) is 11.4 Å². The highest BCUT2D eigenvalue weighted by atomic mass is 14.9. The number of fused-ring (bicyclic) bond motifs is 1. The van der Waals surface area contributed by atoms with Crippen molar-refractivity contribution in [2.45, 2.75) is 45.1 Å². The van der Waals surface area contributed by atoms with E-state index in [4.69, 9.17) is 5.73 Å². The maximum Gasteiger partial charge on any atom is 0.0953 e. The van der Waals surface area contributed by atoms with Crippen LogP contribution in [0.3, 0.4) is 0 Å². The lowest BCUT2D eigenvalue weighted by atomic mass is 9.84. The zero-order valence-electron chi connectivity index (χ0n) is 12.1. The molecule has 2 unspecified atom stereocenters. The minimum atomic E-state index is 0.572. The molecule has 3 N–H and O–H groups in total. The fourth-order valence-electron chi connectivity index (χ4n) is 3.32. The molecule has 1 aliphatic carbocycles. The molecule has 1 heterocycles. The van der Waals surface area contributed by atoms with Crippen molar-refractivity contribution in [2.24, 2.45) is 5.92 Å². The van der Waals surface area contributed by atoms with Gasteiger partial charge < -0.3 is 11.1 Å². The number of nitrogens with zero attached hydrogens (tertiary/aromatic N) is 1. The molecule has 0 aliphatic heterocycles. The van der Waals surface area contributed by atoms with Crippen molar-refractivity contribution in [2.75, 3.05) is 11.1 Å². The maximum absolute atomic E-state index is 6.03. The van der Waals surface area contributed by atoms with Crippen LogP contribution in [0.15, 0.2) is 30.5 Å². The lowest BCUT2D eigenvalue weighted by Gasteiger charge is -2.30. The summed E-state index contributed by atoms with van der Waals surface area (Å²) >= 11 is 0. The molecule has 2 atom stereocenters. The van der Waals surface area contributed by atoms with Gasteiger partial charge in [-0.1, -0.05) is 26.2 Å². The first-order chi connectivity index (χ1) is 9.78. The standard InChI is InChI=1S/C17H23N3/c1-2-12-5-3-6-13(11-12)20-16-9-8-15(18)14-7-4-10-19-17(14)16/h4,7-10,12-13,20H,2-3,5-6,11,18H2,1H3. The van der Waals surface area contributed by atoms with E-state index in [9.17, 15) is 0 Å². The van der Waals surface area contributed by atoms with E-state index >= 15 is 0 Å². The second-order valence-corrected chi connectivity index (χ2v) is 5.88. The Kier molecular flexibility index (Phi) is 3.77. The van der Waals surface area contributed by atoms with E-state index in [0.29, 0.717) is 6.04 Å². The SMILES string of the molecule is CCC1CCCC(Nc2ccc(N)c3cccnc23)C1. The van der Waals surface area contributed by atoms with Crippen LogP contribution in [0.5, 0.6) is 0 Å². The number of rotatable bonds is 3. The zero-order chi connectivity index (χ0) is 13.9. The number of hydrogen-bond acceptors (Lipinski definition) is 3. The quantitative estimate of drug-likeness (QED) is 0.821. The predicted molar refractivity (Wildman–Crippen MR) is 85.8 cm³/mol. The van der Waals surface area contributed by atoms with E-state index in [1.165, 1.54) is 32.1 Å². The minimum Gasteiger partial charge on any atom is -0.398 e. The summed E-state index contributed by atoms with van der Waals surface area (Å²) in [6.07, 6.45) is 8.37. The van der Waals surface area contributed by atoms with Gasteiger partial charge in [-0.15, -0.1) is 0 Å². The average Bonchev–Trinajstić information content (AvgIpc) is 2.51. The number of nitrogen functional groups attached to an aromatic ring is 1. The molecule has 3 rings (SSSR count). The van der Waals surface area contributed by atoms with Crippen molar-refractivity contribution in [3.63, 3.8) is 0 Å². The van der Waals surface area contributed by atoms with Crippen LogP contribution in [0, 0.1) is 5.92 Å². The molecule has 1 aliphatic rings. The highest BCUT2D eigenvalue weighted by Gasteiger charge is 2.21. The maximum atomic E-state index is 6.03. The number of nitrogens with one attached hydrogen (secondary N) is 1. The zero-order valence-corrected chi connectivity index (χ0v) is 12.1. The summed E-state index contributed by atoms with van der Waals surface area (Å²) < 4.78 is 0. The van der Waals surface area contributed by atoms with Crippen molar-refractivity contribution in [1.29, 1.82) is 0 Å². The van der Waals surface area contributed by atoms with Gasteiger partial charge in [-0.05, 0) is 43.0 Å². The van der Waals surface area contributed by atoms with Crippen LogP contribution in [0.1, 0.15) is 39.0 Å². The van der Waals surface area contributed by atoms with Crippen LogP contribution in [0.2, 0.25) is 0 Å². The summed E-state index contributed by atoms with van der Waals surface area (Å²) in [5, 5.41) is 4.74. The Morgan fingerprint density at radius 2 is 2.20 bits per heavy atom. The molecule has 0 amide bonds. The predicted octanol–water partition coefficient (Wildman–Crippen LogP) is 4.20. The topological polar surface area (TPSA) is 50.9 Å². The molecule has 0 saturated heterocycles. The third kappa shape index (κ3) is 2.58. The summed E-state index contributed by atoms with van der Waals surface area (Å²) in [5.41, 5.74) is 8.95. The van der Waals surface area contributed by atoms with E-state index < -0.39 is 0 Å².